The van der Waals surface area contributed by atoms with Crippen LogP contribution in [0.4, 0.5) is 0 Å². The highest BCUT2D eigenvalue weighted by atomic mass is 32.1. The summed E-state index contributed by atoms with van der Waals surface area (Å²) < 4.78 is 2.59. The summed E-state index contributed by atoms with van der Waals surface area (Å²) in [7, 11) is 0. The maximum absolute atomic E-state index is 10.6. The van der Waals surface area contributed by atoms with Crippen LogP contribution >= 0.6 is 12.2 Å². The van der Waals surface area contributed by atoms with Gasteiger partial charge in [0, 0.05) is 17.8 Å². The highest BCUT2D eigenvalue weighted by molar-refractivity contribution is 7.71. The number of nitrogens with zero attached hydrogens (tertiary/aromatic N) is 1. The Balaban J connectivity index is 3.23. The predicted octanol–water partition coefficient (Wildman–Crippen LogP) is 3.00. The van der Waals surface area contributed by atoms with Crippen LogP contribution in [0, 0.1) is 4.64 Å². The first-order valence-electron chi connectivity index (χ1n) is 4.37. The number of carbonyl (C=O) groups excluding carboxylic acids is 1. The molecule has 0 aliphatic carbocycles. The van der Waals surface area contributed by atoms with E-state index in [9.17, 15) is 4.79 Å². The molecule has 1 aromatic rings. The average molecular weight is 195 g/mol. The molecule has 70 valence electrons. The first-order chi connectivity index (χ1) is 6.20. The van der Waals surface area contributed by atoms with Crippen molar-refractivity contribution in [2.75, 3.05) is 0 Å². The third kappa shape index (κ3) is 2.04. The molecule has 1 rings (SSSR count). The minimum atomic E-state index is 0.354. The van der Waals surface area contributed by atoms with E-state index in [-0.39, 0.29) is 0 Å². The van der Waals surface area contributed by atoms with Crippen molar-refractivity contribution in [1.29, 1.82) is 0 Å². The summed E-state index contributed by atoms with van der Waals surface area (Å²) in [6, 6.07) is 3.95. The van der Waals surface area contributed by atoms with Crippen molar-refractivity contribution < 1.29 is 4.79 Å². The fourth-order valence-corrected chi connectivity index (χ4v) is 1.52. The van der Waals surface area contributed by atoms with E-state index in [4.69, 9.17) is 12.2 Å². The smallest absolute Gasteiger partial charge is 0.153 e. The van der Waals surface area contributed by atoms with Crippen molar-refractivity contribution in [2.24, 2.45) is 0 Å². The van der Waals surface area contributed by atoms with Gasteiger partial charge in [0.1, 0.15) is 4.64 Å². The summed E-state index contributed by atoms with van der Waals surface area (Å²) in [4.78, 5) is 10.6. The lowest BCUT2D eigenvalue weighted by Crippen LogP contribution is -2.06. The minimum absolute atomic E-state index is 0.354. The highest BCUT2D eigenvalue weighted by Crippen LogP contribution is 2.12. The molecule has 0 aromatic carbocycles. The van der Waals surface area contributed by atoms with Crippen LogP contribution < -0.4 is 0 Å². The molecule has 0 N–H and O–H groups in total. The van der Waals surface area contributed by atoms with Gasteiger partial charge in [-0.3, -0.25) is 4.79 Å². The summed E-state index contributed by atoms with van der Waals surface area (Å²) in [6.07, 6.45) is 3.74. The van der Waals surface area contributed by atoms with Gasteiger partial charge < -0.3 is 4.57 Å². The van der Waals surface area contributed by atoms with Crippen molar-refractivity contribution in [3.8, 4) is 0 Å². The summed E-state index contributed by atoms with van der Waals surface area (Å²) in [5.41, 5.74) is 0.595. The fraction of sp³-hybridized carbons (Fsp3) is 0.400. The Morgan fingerprint density at radius 1 is 1.69 bits per heavy atom. The third-order valence-electron chi connectivity index (χ3n) is 2.20. The van der Waals surface area contributed by atoms with E-state index in [1.807, 2.05) is 16.8 Å². The van der Waals surface area contributed by atoms with E-state index in [1.165, 1.54) is 0 Å². The van der Waals surface area contributed by atoms with Gasteiger partial charge in [-0.15, -0.1) is 0 Å². The molecule has 1 atom stereocenters. The largest absolute Gasteiger partial charge is 0.336 e. The van der Waals surface area contributed by atoms with Crippen molar-refractivity contribution in [1.82, 2.24) is 4.57 Å². The second-order valence-electron chi connectivity index (χ2n) is 3.05. The van der Waals surface area contributed by atoms with Gasteiger partial charge in [0.25, 0.3) is 0 Å². The van der Waals surface area contributed by atoms with Crippen LogP contribution in [-0.4, -0.2) is 10.9 Å². The molecular formula is C10H13NOS. The standard InChI is InChI=1S/C10H13NOS/c1-3-8(2)11-6-4-5-9(7-12)10(11)13/h4-8H,3H2,1-2H3/t8-/m0/s1. The molecule has 0 saturated heterocycles. The van der Waals surface area contributed by atoms with Gasteiger partial charge in [0.2, 0.25) is 0 Å². The molecule has 0 fully saturated rings. The zero-order chi connectivity index (χ0) is 9.84. The molecule has 13 heavy (non-hydrogen) atoms. The van der Waals surface area contributed by atoms with Gasteiger partial charge in [-0.25, -0.2) is 0 Å². The zero-order valence-corrected chi connectivity index (χ0v) is 8.67. The number of rotatable bonds is 3. The van der Waals surface area contributed by atoms with E-state index >= 15 is 0 Å². The molecule has 0 radical (unpaired) electrons. The fourth-order valence-electron chi connectivity index (χ4n) is 1.16. The van der Waals surface area contributed by atoms with E-state index < -0.39 is 0 Å². The van der Waals surface area contributed by atoms with Crippen molar-refractivity contribution in [3.63, 3.8) is 0 Å². The van der Waals surface area contributed by atoms with Crippen LogP contribution in [0.15, 0.2) is 18.3 Å². The lowest BCUT2D eigenvalue weighted by Gasteiger charge is -2.14. The summed E-state index contributed by atoms with van der Waals surface area (Å²) >= 11 is 5.17. The SMILES string of the molecule is CC[C@H](C)n1cccc(C=O)c1=S. The number of hydrogen-bond acceptors (Lipinski definition) is 2. The summed E-state index contributed by atoms with van der Waals surface area (Å²) in [5, 5.41) is 0. The molecule has 0 aliphatic heterocycles. The zero-order valence-electron chi connectivity index (χ0n) is 7.86. The van der Waals surface area contributed by atoms with Crippen molar-refractivity contribution >= 4 is 18.5 Å². The number of aldehydes is 1. The Morgan fingerprint density at radius 2 is 2.38 bits per heavy atom. The normalized spacial score (nSPS) is 12.5. The van der Waals surface area contributed by atoms with Gasteiger partial charge in [-0.1, -0.05) is 19.1 Å². The Hall–Kier alpha value is -0.960. The molecule has 0 spiro atoms. The van der Waals surface area contributed by atoms with E-state index in [1.54, 1.807) is 6.07 Å². The van der Waals surface area contributed by atoms with Gasteiger partial charge in [-0.05, 0) is 25.5 Å². The molecule has 0 aliphatic rings. The Morgan fingerprint density at radius 3 is 2.92 bits per heavy atom. The molecule has 1 heterocycles. The molecule has 3 heteroatoms. The number of carbonyl (C=O) groups is 1. The molecule has 0 saturated carbocycles. The molecular weight excluding hydrogens is 182 g/mol. The van der Waals surface area contributed by atoms with Gasteiger partial charge in [0.05, 0.1) is 0 Å². The topological polar surface area (TPSA) is 22.0 Å². The second-order valence-corrected chi connectivity index (χ2v) is 3.44. The Bertz CT molecular complexity index is 356. The molecule has 0 unspecified atom stereocenters. The maximum atomic E-state index is 10.6. The summed E-state index contributed by atoms with van der Waals surface area (Å²) in [6.45, 7) is 4.18. The van der Waals surface area contributed by atoms with Gasteiger partial charge in [0.15, 0.2) is 6.29 Å². The monoisotopic (exact) mass is 195 g/mol. The van der Waals surface area contributed by atoms with E-state index in [0.29, 0.717) is 16.2 Å². The molecule has 2 nitrogen and oxygen atoms in total. The van der Waals surface area contributed by atoms with Crippen LogP contribution in [0.3, 0.4) is 0 Å². The quantitative estimate of drug-likeness (QED) is 0.546. The van der Waals surface area contributed by atoms with Crippen LogP contribution in [0.1, 0.15) is 36.7 Å². The van der Waals surface area contributed by atoms with E-state index in [2.05, 4.69) is 13.8 Å². The lowest BCUT2D eigenvalue weighted by molar-refractivity contribution is 0.112. The van der Waals surface area contributed by atoms with Crippen molar-refractivity contribution in [2.45, 2.75) is 26.3 Å². The van der Waals surface area contributed by atoms with Crippen molar-refractivity contribution in [3.05, 3.63) is 28.5 Å². The lowest BCUT2D eigenvalue weighted by atomic mass is 10.2. The first kappa shape index (κ1) is 10.1. The highest BCUT2D eigenvalue weighted by Gasteiger charge is 2.03. The number of pyridine rings is 1. The number of aromatic nitrogens is 1. The summed E-state index contributed by atoms with van der Waals surface area (Å²) in [5.74, 6) is 0. The first-order valence-corrected chi connectivity index (χ1v) is 4.77. The van der Waals surface area contributed by atoms with Gasteiger partial charge >= 0.3 is 0 Å². The van der Waals surface area contributed by atoms with Crippen LogP contribution in [0.5, 0.6) is 0 Å². The van der Waals surface area contributed by atoms with Crippen LogP contribution in [-0.2, 0) is 0 Å². The van der Waals surface area contributed by atoms with E-state index in [0.717, 1.165) is 12.7 Å². The maximum Gasteiger partial charge on any atom is 0.153 e. The molecule has 1 aromatic heterocycles. The predicted molar refractivity (Wildman–Crippen MR) is 55.7 cm³/mol. The molecule has 0 bridgehead atoms. The Labute approximate surface area is 83.2 Å². The van der Waals surface area contributed by atoms with Gasteiger partial charge in [-0.2, -0.15) is 0 Å². The van der Waals surface area contributed by atoms with Crippen LogP contribution in [0.25, 0.3) is 0 Å². The molecule has 0 amide bonds. The average Bonchev–Trinajstić information content (AvgIpc) is 2.17. The number of hydrogen-bond donors (Lipinski definition) is 0. The second kappa shape index (κ2) is 4.33. The Kier molecular flexibility index (Phi) is 3.37. The van der Waals surface area contributed by atoms with Crippen LogP contribution in [0.2, 0.25) is 0 Å². The third-order valence-corrected chi connectivity index (χ3v) is 2.64. The minimum Gasteiger partial charge on any atom is -0.336 e.